The number of pyridine rings is 2. The third kappa shape index (κ3) is 3.23. The van der Waals surface area contributed by atoms with Crippen LogP contribution in [0.15, 0.2) is 36.5 Å². The highest BCUT2D eigenvalue weighted by atomic mass is 16.5. The molecule has 2 N–H and O–H groups in total. The number of amides is 1. The maximum absolute atomic E-state index is 13.0. The number of hydrogen-bond acceptors (Lipinski definition) is 5. The van der Waals surface area contributed by atoms with Gasteiger partial charge in [-0.2, -0.15) is 0 Å². The van der Waals surface area contributed by atoms with E-state index in [4.69, 9.17) is 10.5 Å². The Morgan fingerprint density at radius 1 is 1.28 bits per heavy atom. The number of nitrogen functional groups attached to an aromatic ring is 1. The number of aromatic nitrogens is 2. The molecule has 0 bridgehead atoms. The van der Waals surface area contributed by atoms with Gasteiger partial charge >= 0.3 is 0 Å². The van der Waals surface area contributed by atoms with Gasteiger partial charge in [0, 0.05) is 29.8 Å². The zero-order valence-electron chi connectivity index (χ0n) is 16.7. The standard InChI is InChI=1S/C23H24N4O2/c1-13-21-19(12-29-13)18-9-15(6-8-20(18)26-22(21)24)23(28)27(2)11-17-7-5-16(10-25-17)14-3-4-14/h5-10,13-14H,3-4,11-12H2,1-2H3,(H2,24,26)/t13-/m1/s1. The molecule has 1 atom stereocenters. The van der Waals surface area contributed by atoms with Crippen molar-refractivity contribution >= 4 is 22.6 Å². The lowest BCUT2D eigenvalue weighted by Crippen LogP contribution is -2.26. The number of carbonyl (C=O) groups excluding carboxylic acids is 1. The minimum atomic E-state index is -0.0754. The number of carbonyl (C=O) groups is 1. The molecule has 1 aliphatic heterocycles. The van der Waals surface area contributed by atoms with Crippen LogP contribution in [-0.2, 0) is 17.9 Å². The number of anilines is 1. The lowest BCUT2D eigenvalue weighted by molar-refractivity contribution is 0.0782. The fourth-order valence-corrected chi connectivity index (χ4v) is 4.12. The average Bonchev–Trinajstić information content (AvgIpc) is 3.50. The van der Waals surface area contributed by atoms with Crippen LogP contribution in [0.2, 0.25) is 0 Å². The smallest absolute Gasteiger partial charge is 0.253 e. The highest BCUT2D eigenvalue weighted by Crippen LogP contribution is 2.40. The second kappa shape index (κ2) is 6.81. The fraction of sp³-hybridized carbons (Fsp3) is 0.348. The van der Waals surface area contributed by atoms with Crippen LogP contribution in [0.4, 0.5) is 5.82 Å². The summed E-state index contributed by atoms with van der Waals surface area (Å²) in [5, 5.41) is 0.935. The number of nitrogens with two attached hydrogens (primary N) is 1. The van der Waals surface area contributed by atoms with Crippen molar-refractivity contribution in [2.75, 3.05) is 12.8 Å². The Morgan fingerprint density at radius 2 is 2.10 bits per heavy atom. The van der Waals surface area contributed by atoms with Crippen molar-refractivity contribution in [3.05, 3.63) is 64.5 Å². The first-order chi connectivity index (χ1) is 14.0. The lowest BCUT2D eigenvalue weighted by atomic mass is 10.00. The summed E-state index contributed by atoms with van der Waals surface area (Å²) in [5.74, 6) is 1.15. The number of nitrogens with zero attached hydrogens (tertiary/aromatic N) is 3. The molecule has 6 nitrogen and oxygen atoms in total. The first-order valence-corrected chi connectivity index (χ1v) is 10.0. The summed E-state index contributed by atoms with van der Waals surface area (Å²) in [7, 11) is 1.81. The van der Waals surface area contributed by atoms with Crippen LogP contribution in [0.1, 0.15) is 64.5 Å². The normalized spacial score (nSPS) is 18.1. The van der Waals surface area contributed by atoms with E-state index in [9.17, 15) is 4.79 Å². The van der Waals surface area contributed by atoms with Gasteiger partial charge in [-0.05, 0) is 61.1 Å². The van der Waals surface area contributed by atoms with Gasteiger partial charge in [0.2, 0.25) is 0 Å². The van der Waals surface area contributed by atoms with E-state index in [-0.39, 0.29) is 12.0 Å². The summed E-state index contributed by atoms with van der Waals surface area (Å²) in [6.07, 6.45) is 4.39. The molecular weight excluding hydrogens is 364 g/mol. The Kier molecular flexibility index (Phi) is 4.24. The summed E-state index contributed by atoms with van der Waals surface area (Å²) in [5.41, 5.74) is 11.7. The third-order valence-electron chi connectivity index (χ3n) is 5.94. The van der Waals surface area contributed by atoms with Crippen LogP contribution in [0.3, 0.4) is 0 Å². The van der Waals surface area contributed by atoms with Crippen LogP contribution >= 0.6 is 0 Å². The van der Waals surface area contributed by atoms with Gasteiger partial charge in [0.15, 0.2) is 0 Å². The first kappa shape index (κ1) is 18.1. The highest BCUT2D eigenvalue weighted by molar-refractivity contribution is 5.99. The van der Waals surface area contributed by atoms with Crippen molar-refractivity contribution in [2.45, 2.75) is 44.9 Å². The summed E-state index contributed by atoms with van der Waals surface area (Å²) < 4.78 is 5.75. The van der Waals surface area contributed by atoms with E-state index in [0.717, 1.165) is 27.7 Å². The number of hydrogen-bond donors (Lipinski definition) is 1. The zero-order valence-corrected chi connectivity index (χ0v) is 16.7. The van der Waals surface area contributed by atoms with E-state index < -0.39 is 0 Å². The third-order valence-corrected chi connectivity index (χ3v) is 5.94. The zero-order chi connectivity index (χ0) is 20.1. The molecule has 0 radical (unpaired) electrons. The summed E-state index contributed by atoms with van der Waals surface area (Å²) in [6.45, 7) is 2.94. The topological polar surface area (TPSA) is 81.3 Å². The van der Waals surface area contributed by atoms with Crippen molar-refractivity contribution in [1.29, 1.82) is 0 Å². The minimum Gasteiger partial charge on any atom is -0.383 e. The van der Waals surface area contributed by atoms with E-state index in [1.807, 2.05) is 37.4 Å². The van der Waals surface area contributed by atoms with E-state index in [2.05, 4.69) is 16.0 Å². The Morgan fingerprint density at radius 3 is 2.83 bits per heavy atom. The molecule has 2 aliphatic rings. The second-order valence-corrected chi connectivity index (χ2v) is 8.09. The molecule has 29 heavy (non-hydrogen) atoms. The summed E-state index contributed by atoms with van der Waals surface area (Å²) in [4.78, 5) is 23.8. The van der Waals surface area contributed by atoms with E-state index in [1.54, 1.807) is 11.9 Å². The molecule has 0 saturated heterocycles. The fourth-order valence-electron chi connectivity index (χ4n) is 4.12. The Balaban J connectivity index is 1.40. The molecule has 6 heteroatoms. The van der Waals surface area contributed by atoms with E-state index in [1.165, 1.54) is 18.4 Å². The van der Waals surface area contributed by atoms with Gasteiger partial charge in [-0.3, -0.25) is 9.78 Å². The largest absolute Gasteiger partial charge is 0.383 e. The quantitative estimate of drug-likeness (QED) is 0.732. The van der Waals surface area contributed by atoms with Crippen molar-refractivity contribution in [3.63, 3.8) is 0 Å². The van der Waals surface area contributed by atoms with E-state index >= 15 is 0 Å². The van der Waals surface area contributed by atoms with Gasteiger partial charge in [-0.1, -0.05) is 6.07 Å². The Labute approximate surface area is 169 Å². The molecule has 0 unspecified atom stereocenters. The maximum atomic E-state index is 13.0. The van der Waals surface area contributed by atoms with Crippen LogP contribution in [0, 0.1) is 0 Å². The molecule has 1 amide bonds. The van der Waals surface area contributed by atoms with Crippen molar-refractivity contribution in [1.82, 2.24) is 14.9 Å². The molecule has 1 aliphatic carbocycles. The Bertz CT molecular complexity index is 1110. The molecule has 148 valence electrons. The van der Waals surface area contributed by atoms with Crippen LogP contribution in [-0.4, -0.2) is 27.8 Å². The monoisotopic (exact) mass is 388 g/mol. The maximum Gasteiger partial charge on any atom is 0.253 e. The van der Waals surface area contributed by atoms with Gasteiger partial charge in [0.25, 0.3) is 5.91 Å². The second-order valence-electron chi connectivity index (χ2n) is 8.09. The van der Waals surface area contributed by atoms with Gasteiger partial charge in [-0.25, -0.2) is 4.98 Å². The summed E-state index contributed by atoms with van der Waals surface area (Å²) in [6, 6.07) is 9.73. The molecule has 5 rings (SSSR count). The highest BCUT2D eigenvalue weighted by Gasteiger charge is 2.26. The number of fused-ring (bicyclic) bond motifs is 3. The molecule has 3 aromatic rings. The van der Waals surface area contributed by atoms with Crippen molar-refractivity contribution in [3.8, 4) is 0 Å². The predicted octanol–water partition coefficient (Wildman–Crippen LogP) is 3.95. The number of rotatable bonds is 4. The minimum absolute atomic E-state index is 0.0440. The van der Waals surface area contributed by atoms with Crippen LogP contribution in [0.5, 0.6) is 0 Å². The van der Waals surface area contributed by atoms with E-state index in [0.29, 0.717) is 30.5 Å². The molecule has 1 saturated carbocycles. The van der Waals surface area contributed by atoms with Gasteiger partial charge in [0.1, 0.15) is 5.82 Å². The SMILES string of the molecule is C[C@H]1OCc2c1c(N)nc1ccc(C(=O)N(C)Cc3ccc(C4CC4)cn3)cc21. The molecule has 0 spiro atoms. The molecule has 1 fully saturated rings. The molecular formula is C23H24N4O2. The Hall–Kier alpha value is -2.99. The summed E-state index contributed by atoms with van der Waals surface area (Å²) >= 11 is 0. The van der Waals surface area contributed by atoms with Gasteiger partial charge < -0.3 is 15.4 Å². The number of benzene rings is 1. The van der Waals surface area contributed by atoms with Crippen molar-refractivity contribution in [2.24, 2.45) is 0 Å². The average molecular weight is 388 g/mol. The van der Waals surface area contributed by atoms with Crippen LogP contribution in [0.25, 0.3) is 10.9 Å². The molecule has 1 aromatic carbocycles. The molecule has 2 aromatic heterocycles. The lowest BCUT2D eigenvalue weighted by Gasteiger charge is -2.18. The van der Waals surface area contributed by atoms with Gasteiger partial charge in [-0.15, -0.1) is 0 Å². The van der Waals surface area contributed by atoms with Gasteiger partial charge in [0.05, 0.1) is 30.5 Å². The predicted molar refractivity (Wildman–Crippen MR) is 111 cm³/mol. The van der Waals surface area contributed by atoms with Crippen molar-refractivity contribution < 1.29 is 9.53 Å². The number of ether oxygens (including phenoxy) is 1. The first-order valence-electron chi connectivity index (χ1n) is 10.0. The van der Waals surface area contributed by atoms with Crippen LogP contribution < -0.4 is 5.73 Å². The molecule has 3 heterocycles.